The van der Waals surface area contributed by atoms with Gasteiger partial charge in [-0.25, -0.2) is 4.98 Å². The van der Waals surface area contributed by atoms with E-state index < -0.39 is 0 Å². The van der Waals surface area contributed by atoms with Crippen molar-refractivity contribution in [2.24, 2.45) is 7.05 Å². The van der Waals surface area contributed by atoms with Crippen LogP contribution in [0.1, 0.15) is 23.3 Å². The Morgan fingerprint density at radius 3 is 2.83 bits per heavy atom. The van der Waals surface area contributed by atoms with E-state index in [1.807, 2.05) is 41.3 Å². The summed E-state index contributed by atoms with van der Waals surface area (Å²) in [7, 11) is 3.31. The highest BCUT2D eigenvalue weighted by Crippen LogP contribution is 2.22. The number of piperidine rings is 1. The van der Waals surface area contributed by atoms with E-state index in [9.17, 15) is 4.79 Å². The molecular weight excluding hydrogens is 370 g/mol. The zero-order valence-corrected chi connectivity index (χ0v) is 16.5. The van der Waals surface area contributed by atoms with E-state index in [2.05, 4.69) is 15.1 Å². The van der Waals surface area contributed by atoms with Crippen molar-refractivity contribution in [3.8, 4) is 23.1 Å². The third kappa shape index (κ3) is 4.21. The summed E-state index contributed by atoms with van der Waals surface area (Å²) in [5.74, 6) is 0.402. The monoisotopic (exact) mass is 393 g/mol. The van der Waals surface area contributed by atoms with Gasteiger partial charge in [-0.15, -0.1) is 0 Å². The highest BCUT2D eigenvalue weighted by Gasteiger charge is 2.28. The van der Waals surface area contributed by atoms with Gasteiger partial charge in [0.1, 0.15) is 11.8 Å². The normalized spacial score (nSPS) is 16.5. The molecule has 1 fully saturated rings. The van der Waals surface area contributed by atoms with Crippen LogP contribution in [0.25, 0.3) is 11.3 Å². The molecule has 1 unspecified atom stereocenters. The molecule has 3 aromatic rings. The predicted molar refractivity (Wildman–Crippen MR) is 107 cm³/mol. The van der Waals surface area contributed by atoms with Crippen LogP contribution in [0, 0.1) is 0 Å². The lowest BCUT2D eigenvalue weighted by Crippen LogP contribution is -2.45. The van der Waals surface area contributed by atoms with E-state index >= 15 is 0 Å². The molecule has 150 valence electrons. The van der Waals surface area contributed by atoms with Gasteiger partial charge in [0.2, 0.25) is 5.88 Å². The molecule has 2 aromatic heterocycles. The van der Waals surface area contributed by atoms with Crippen molar-refractivity contribution in [1.82, 2.24) is 24.6 Å². The van der Waals surface area contributed by atoms with Crippen LogP contribution in [-0.4, -0.2) is 56.9 Å². The number of hydrogen-bond donors (Lipinski definition) is 0. The molecule has 0 radical (unpaired) electrons. The van der Waals surface area contributed by atoms with Gasteiger partial charge in [0.15, 0.2) is 0 Å². The fraction of sp³-hybridized carbons (Fsp3) is 0.333. The molecule has 4 rings (SSSR count). The Morgan fingerprint density at radius 2 is 2.03 bits per heavy atom. The fourth-order valence-corrected chi connectivity index (χ4v) is 3.46. The van der Waals surface area contributed by atoms with Crippen molar-refractivity contribution in [2.45, 2.75) is 18.9 Å². The lowest BCUT2D eigenvalue weighted by Gasteiger charge is -2.32. The molecule has 1 aliphatic rings. The summed E-state index contributed by atoms with van der Waals surface area (Å²) in [6, 6.07) is 13.6. The average Bonchev–Trinajstić information content (AvgIpc) is 3.16. The third-order valence-electron chi connectivity index (χ3n) is 4.91. The fourth-order valence-electron chi connectivity index (χ4n) is 3.46. The number of methoxy groups -OCH3 is 1. The number of ether oxygens (including phenoxy) is 2. The SMILES string of the molecule is COc1nccc(OC2CCCN(C(=O)c3cc(-c4ccccc4)nn3C)C2)n1. The molecule has 8 heteroatoms. The van der Waals surface area contributed by atoms with Gasteiger partial charge in [0, 0.05) is 31.4 Å². The van der Waals surface area contributed by atoms with Crippen LogP contribution in [0.4, 0.5) is 0 Å². The molecule has 8 nitrogen and oxygen atoms in total. The van der Waals surface area contributed by atoms with E-state index in [0.717, 1.165) is 24.1 Å². The van der Waals surface area contributed by atoms with Crippen molar-refractivity contribution in [3.05, 3.63) is 54.4 Å². The molecule has 0 aliphatic carbocycles. The van der Waals surface area contributed by atoms with Gasteiger partial charge < -0.3 is 14.4 Å². The number of rotatable bonds is 5. The van der Waals surface area contributed by atoms with Crippen LogP contribution < -0.4 is 9.47 Å². The number of benzene rings is 1. The summed E-state index contributed by atoms with van der Waals surface area (Å²) in [4.78, 5) is 23.1. The molecule has 0 spiro atoms. The first-order valence-corrected chi connectivity index (χ1v) is 9.56. The maximum atomic E-state index is 13.1. The second-order valence-electron chi connectivity index (χ2n) is 6.92. The number of amides is 1. The molecule has 1 saturated heterocycles. The first-order valence-electron chi connectivity index (χ1n) is 9.56. The van der Waals surface area contributed by atoms with Gasteiger partial charge in [0.25, 0.3) is 5.91 Å². The molecule has 0 saturated carbocycles. The first-order chi connectivity index (χ1) is 14.1. The van der Waals surface area contributed by atoms with Gasteiger partial charge in [0.05, 0.1) is 19.3 Å². The Hall–Kier alpha value is -3.42. The molecule has 1 aliphatic heterocycles. The number of aryl methyl sites for hydroxylation is 1. The van der Waals surface area contributed by atoms with Crippen molar-refractivity contribution in [2.75, 3.05) is 20.2 Å². The number of nitrogens with zero attached hydrogens (tertiary/aromatic N) is 5. The second-order valence-corrected chi connectivity index (χ2v) is 6.92. The molecule has 1 atom stereocenters. The van der Waals surface area contributed by atoms with Crippen molar-refractivity contribution in [1.29, 1.82) is 0 Å². The van der Waals surface area contributed by atoms with Crippen molar-refractivity contribution in [3.63, 3.8) is 0 Å². The Kier molecular flexibility index (Phi) is 5.41. The smallest absolute Gasteiger partial charge is 0.319 e. The zero-order valence-electron chi connectivity index (χ0n) is 16.5. The van der Waals surface area contributed by atoms with E-state index in [1.54, 1.807) is 24.0 Å². The number of aromatic nitrogens is 4. The Labute approximate surface area is 169 Å². The standard InChI is InChI=1S/C21H23N5O3/c1-25-18(13-17(24-25)15-7-4-3-5-8-15)20(27)26-12-6-9-16(14-26)29-19-10-11-22-21(23-19)28-2/h3-5,7-8,10-11,13,16H,6,9,12,14H2,1-2H3. The molecule has 1 aromatic carbocycles. The van der Waals surface area contributed by atoms with E-state index in [4.69, 9.17) is 9.47 Å². The number of carbonyl (C=O) groups is 1. The topological polar surface area (TPSA) is 82.4 Å². The number of carbonyl (C=O) groups excluding carboxylic acids is 1. The molecule has 29 heavy (non-hydrogen) atoms. The minimum Gasteiger partial charge on any atom is -0.472 e. The lowest BCUT2D eigenvalue weighted by atomic mass is 10.1. The van der Waals surface area contributed by atoms with Crippen LogP contribution in [0.5, 0.6) is 11.9 Å². The average molecular weight is 393 g/mol. The van der Waals surface area contributed by atoms with E-state index in [0.29, 0.717) is 24.7 Å². The summed E-state index contributed by atoms with van der Waals surface area (Å²) >= 11 is 0. The highest BCUT2D eigenvalue weighted by atomic mass is 16.5. The molecular formula is C21H23N5O3. The van der Waals surface area contributed by atoms with Crippen LogP contribution in [0.2, 0.25) is 0 Å². The van der Waals surface area contributed by atoms with Gasteiger partial charge in [-0.1, -0.05) is 30.3 Å². The van der Waals surface area contributed by atoms with Gasteiger partial charge in [-0.3, -0.25) is 9.48 Å². The van der Waals surface area contributed by atoms with Crippen LogP contribution in [-0.2, 0) is 7.05 Å². The van der Waals surface area contributed by atoms with Crippen molar-refractivity contribution >= 4 is 5.91 Å². The zero-order chi connectivity index (χ0) is 20.2. The molecule has 1 amide bonds. The summed E-state index contributed by atoms with van der Waals surface area (Å²) in [6.07, 6.45) is 3.18. The van der Waals surface area contributed by atoms with E-state index in [1.165, 1.54) is 7.11 Å². The minimum absolute atomic E-state index is 0.0456. The molecule has 0 N–H and O–H groups in total. The number of hydrogen-bond acceptors (Lipinski definition) is 6. The van der Waals surface area contributed by atoms with Gasteiger partial charge >= 0.3 is 6.01 Å². The summed E-state index contributed by atoms with van der Waals surface area (Å²) in [5.41, 5.74) is 2.34. The maximum absolute atomic E-state index is 13.1. The molecule has 0 bridgehead atoms. The molecule has 3 heterocycles. The Morgan fingerprint density at radius 1 is 1.21 bits per heavy atom. The van der Waals surface area contributed by atoms with E-state index in [-0.39, 0.29) is 18.0 Å². The quantitative estimate of drug-likeness (QED) is 0.663. The highest BCUT2D eigenvalue weighted by molar-refractivity contribution is 5.93. The Bertz CT molecular complexity index is 989. The third-order valence-corrected chi connectivity index (χ3v) is 4.91. The van der Waals surface area contributed by atoms with Crippen LogP contribution in [0.15, 0.2) is 48.7 Å². The maximum Gasteiger partial charge on any atom is 0.319 e. The summed E-state index contributed by atoms with van der Waals surface area (Å²) in [6.45, 7) is 1.19. The van der Waals surface area contributed by atoms with Gasteiger partial charge in [-0.05, 0) is 18.9 Å². The number of likely N-dealkylation sites (tertiary alicyclic amines) is 1. The van der Waals surface area contributed by atoms with Crippen LogP contribution >= 0.6 is 0 Å². The van der Waals surface area contributed by atoms with Crippen molar-refractivity contribution < 1.29 is 14.3 Å². The predicted octanol–water partition coefficient (Wildman–Crippen LogP) is 2.57. The largest absolute Gasteiger partial charge is 0.472 e. The lowest BCUT2D eigenvalue weighted by molar-refractivity contribution is 0.0516. The summed E-state index contributed by atoms with van der Waals surface area (Å²) in [5, 5.41) is 4.51. The first kappa shape index (κ1) is 18.9. The second kappa shape index (κ2) is 8.30. The van der Waals surface area contributed by atoms with Gasteiger partial charge in [-0.2, -0.15) is 10.1 Å². The Balaban J connectivity index is 1.47. The minimum atomic E-state index is -0.130. The summed E-state index contributed by atoms with van der Waals surface area (Å²) < 4.78 is 12.7. The van der Waals surface area contributed by atoms with Crippen LogP contribution in [0.3, 0.4) is 0 Å².